The van der Waals surface area contributed by atoms with Gasteiger partial charge in [0, 0.05) is 5.38 Å². The third-order valence-corrected chi connectivity index (χ3v) is 2.08. The molecule has 0 fully saturated rings. The number of aliphatic carboxylic acids is 1. The number of nitrogens with one attached hydrogen (secondary N) is 1. The molecule has 1 aromatic rings. The molecule has 0 aromatic carbocycles. The molecule has 0 spiro atoms. The molecule has 0 saturated heterocycles. The number of carbonyl (C=O) groups excluding carboxylic acids is 1. The molecule has 76 valence electrons. The van der Waals surface area contributed by atoms with Crippen molar-refractivity contribution in [3.63, 3.8) is 0 Å². The topological polar surface area (TPSA) is 99.5 Å². The summed E-state index contributed by atoms with van der Waals surface area (Å²) in [5.74, 6) is -1.54. The number of carbonyl (C=O) groups is 2. The predicted molar refractivity (Wildman–Crippen MR) is 49.2 cm³/mol. The van der Waals surface area contributed by atoms with Crippen LogP contribution in [-0.2, 0) is 16.0 Å². The highest BCUT2D eigenvalue weighted by Gasteiger charge is 2.07. The molecule has 0 unspecified atom stereocenters. The summed E-state index contributed by atoms with van der Waals surface area (Å²) in [6.45, 7) is -0.617. The van der Waals surface area contributed by atoms with E-state index < -0.39 is 18.5 Å². The zero-order chi connectivity index (χ0) is 10.6. The summed E-state index contributed by atoms with van der Waals surface area (Å²) in [6, 6.07) is 0. The van der Waals surface area contributed by atoms with Gasteiger partial charge in [-0.15, -0.1) is 11.3 Å². The maximum atomic E-state index is 10.7. The lowest BCUT2D eigenvalue weighted by atomic mass is 10.3. The second-order valence-electron chi connectivity index (χ2n) is 2.42. The van der Waals surface area contributed by atoms with Crippen LogP contribution in [0, 0.1) is 0 Å². The number of anilines is 1. The van der Waals surface area contributed by atoms with E-state index >= 15 is 0 Å². The lowest BCUT2D eigenvalue weighted by molar-refractivity contribution is -0.136. The summed E-state index contributed by atoms with van der Waals surface area (Å²) in [5.41, 5.74) is 0.385. The molecule has 0 bridgehead atoms. The van der Waals surface area contributed by atoms with E-state index in [1.165, 1.54) is 0 Å². The Balaban J connectivity index is 2.59. The van der Waals surface area contributed by atoms with Crippen molar-refractivity contribution in [3.05, 3.63) is 11.1 Å². The molecule has 0 aliphatic heterocycles. The molecule has 0 aliphatic carbocycles. The molecule has 3 N–H and O–H groups in total. The van der Waals surface area contributed by atoms with E-state index in [2.05, 4.69) is 10.3 Å². The highest BCUT2D eigenvalue weighted by Crippen LogP contribution is 2.15. The van der Waals surface area contributed by atoms with Gasteiger partial charge in [0.25, 0.3) is 5.91 Å². The van der Waals surface area contributed by atoms with Crippen LogP contribution in [0.2, 0.25) is 0 Å². The number of nitrogens with zero attached hydrogens (tertiary/aromatic N) is 1. The number of rotatable bonds is 4. The fourth-order valence-electron chi connectivity index (χ4n) is 0.759. The number of hydrogen-bond donors (Lipinski definition) is 3. The smallest absolute Gasteiger partial charge is 0.309 e. The Morgan fingerprint density at radius 1 is 1.57 bits per heavy atom. The van der Waals surface area contributed by atoms with E-state index in [1.54, 1.807) is 5.38 Å². The fourth-order valence-corrected chi connectivity index (χ4v) is 1.49. The number of amides is 1. The van der Waals surface area contributed by atoms with Crippen molar-refractivity contribution in [2.45, 2.75) is 6.42 Å². The Hall–Kier alpha value is -1.47. The number of aromatic nitrogens is 1. The number of carboxylic acids is 1. The van der Waals surface area contributed by atoms with Crippen molar-refractivity contribution < 1.29 is 19.8 Å². The van der Waals surface area contributed by atoms with E-state index in [0.29, 0.717) is 10.8 Å². The van der Waals surface area contributed by atoms with E-state index in [-0.39, 0.29) is 6.42 Å². The van der Waals surface area contributed by atoms with Crippen LogP contribution in [0.1, 0.15) is 5.69 Å². The summed E-state index contributed by atoms with van der Waals surface area (Å²) in [6.07, 6.45) is -0.175. The molecule has 0 radical (unpaired) electrons. The first kappa shape index (κ1) is 10.6. The summed E-state index contributed by atoms with van der Waals surface area (Å²) >= 11 is 1.12. The molecule has 1 heterocycles. The molecule has 0 saturated carbocycles. The average Bonchev–Trinajstić information content (AvgIpc) is 2.51. The third kappa shape index (κ3) is 3.11. The number of thiazole rings is 1. The van der Waals surface area contributed by atoms with Crippen LogP contribution < -0.4 is 5.32 Å². The predicted octanol–water partition coefficient (Wildman–Crippen LogP) is -0.299. The molecule has 7 heteroatoms. The van der Waals surface area contributed by atoms with E-state index in [0.717, 1.165) is 11.3 Å². The van der Waals surface area contributed by atoms with Gasteiger partial charge in [0.15, 0.2) is 5.13 Å². The molecule has 1 rings (SSSR count). The summed E-state index contributed by atoms with van der Waals surface area (Å²) < 4.78 is 0. The van der Waals surface area contributed by atoms with Gasteiger partial charge >= 0.3 is 5.97 Å². The van der Waals surface area contributed by atoms with E-state index in [4.69, 9.17) is 10.2 Å². The van der Waals surface area contributed by atoms with Crippen LogP contribution in [0.4, 0.5) is 5.13 Å². The largest absolute Gasteiger partial charge is 0.481 e. The van der Waals surface area contributed by atoms with Crippen LogP contribution in [0.15, 0.2) is 5.38 Å². The summed E-state index contributed by atoms with van der Waals surface area (Å²) in [4.78, 5) is 24.8. The Kier molecular flexibility index (Phi) is 3.55. The van der Waals surface area contributed by atoms with Gasteiger partial charge in [-0.1, -0.05) is 0 Å². The lowest BCUT2D eigenvalue weighted by Crippen LogP contribution is -2.15. The Morgan fingerprint density at radius 2 is 2.29 bits per heavy atom. The second kappa shape index (κ2) is 4.68. The van der Waals surface area contributed by atoms with Gasteiger partial charge < -0.3 is 10.2 Å². The van der Waals surface area contributed by atoms with Crippen molar-refractivity contribution in [1.29, 1.82) is 0 Å². The molecule has 14 heavy (non-hydrogen) atoms. The number of hydrogen-bond acceptors (Lipinski definition) is 5. The number of aliphatic hydroxyl groups excluding tert-OH is 1. The quantitative estimate of drug-likeness (QED) is 0.641. The van der Waals surface area contributed by atoms with Crippen LogP contribution in [0.25, 0.3) is 0 Å². The first-order valence-corrected chi connectivity index (χ1v) is 4.56. The highest BCUT2D eigenvalue weighted by molar-refractivity contribution is 7.13. The summed E-state index contributed by atoms with van der Waals surface area (Å²) in [7, 11) is 0. The molecule has 1 amide bonds. The number of carboxylic acid groups (broad SMARTS) is 1. The Morgan fingerprint density at radius 3 is 2.86 bits per heavy atom. The van der Waals surface area contributed by atoms with Gasteiger partial charge in [0.1, 0.15) is 6.61 Å². The monoisotopic (exact) mass is 216 g/mol. The van der Waals surface area contributed by atoms with Crippen molar-refractivity contribution >= 4 is 28.3 Å². The molecular formula is C7H8N2O4S. The second-order valence-corrected chi connectivity index (χ2v) is 3.28. The molecule has 0 atom stereocenters. The van der Waals surface area contributed by atoms with Crippen molar-refractivity contribution in [3.8, 4) is 0 Å². The molecular weight excluding hydrogens is 208 g/mol. The first-order chi connectivity index (χ1) is 6.61. The Labute approximate surface area is 83.2 Å². The maximum absolute atomic E-state index is 10.7. The lowest BCUT2D eigenvalue weighted by Gasteiger charge is -1.95. The molecule has 1 aromatic heterocycles. The normalized spacial score (nSPS) is 9.79. The van der Waals surface area contributed by atoms with Crippen LogP contribution in [0.5, 0.6) is 0 Å². The number of aliphatic hydroxyl groups is 1. The van der Waals surface area contributed by atoms with Gasteiger partial charge in [-0.25, -0.2) is 4.98 Å². The van der Waals surface area contributed by atoms with Gasteiger partial charge in [-0.3, -0.25) is 14.9 Å². The van der Waals surface area contributed by atoms with E-state index in [9.17, 15) is 9.59 Å². The zero-order valence-corrected chi connectivity index (χ0v) is 7.87. The zero-order valence-electron chi connectivity index (χ0n) is 7.06. The minimum Gasteiger partial charge on any atom is -0.481 e. The van der Waals surface area contributed by atoms with Crippen LogP contribution in [0.3, 0.4) is 0 Å². The summed E-state index contributed by atoms with van der Waals surface area (Å²) in [5, 5.41) is 21.0. The van der Waals surface area contributed by atoms with Crippen molar-refractivity contribution in [2.75, 3.05) is 11.9 Å². The molecule has 0 aliphatic rings. The van der Waals surface area contributed by atoms with Crippen molar-refractivity contribution in [1.82, 2.24) is 4.98 Å². The highest BCUT2D eigenvalue weighted by atomic mass is 32.1. The maximum Gasteiger partial charge on any atom is 0.309 e. The SMILES string of the molecule is O=C(O)Cc1csc(NC(=O)CO)n1. The van der Waals surface area contributed by atoms with Gasteiger partial charge in [-0.05, 0) is 0 Å². The minimum atomic E-state index is -0.977. The fraction of sp³-hybridized carbons (Fsp3) is 0.286. The van der Waals surface area contributed by atoms with Crippen molar-refractivity contribution in [2.24, 2.45) is 0 Å². The van der Waals surface area contributed by atoms with Gasteiger partial charge in [-0.2, -0.15) is 0 Å². The standard InChI is InChI=1S/C7H8N2O4S/c10-2-5(11)9-7-8-4(3-14-7)1-6(12)13/h3,10H,1-2H2,(H,12,13)(H,8,9,11). The van der Waals surface area contributed by atoms with Crippen LogP contribution >= 0.6 is 11.3 Å². The molecule has 6 nitrogen and oxygen atoms in total. The Bertz CT molecular complexity index is 349. The first-order valence-electron chi connectivity index (χ1n) is 3.68. The minimum absolute atomic E-state index is 0.175. The van der Waals surface area contributed by atoms with Crippen LogP contribution in [-0.4, -0.2) is 33.7 Å². The van der Waals surface area contributed by atoms with Gasteiger partial charge in [0.2, 0.25) is 0 Å². The van der Waals surface area contributed by atoms with E-state index in [1.807, 2.05) is 0 Å². The average molecular weight is 216 g/mol. The third-order valence-electron chi connectivity index (χ3n) is 1.27. The van der Waals surface area contributed by atoms with Gasteiger partial charge in [0.05, 0.1) is 12.1 Å².